The minimum Gasteiger partial charge on any atom is -0.480 e. The van der Waals surface area contributed by atoms with Gasteiger partial charge in [-0.05, 0) is 28.7 Å². The van der Waals surface area contributed by atoms with Crippen LogP contribution in [0.2, 0.25) is 0 Å². The molecular weight excluding hydrogens is 442 g/mol. The molecule has 1 heterocycles. The lowest BCUT2D eigenvalue weighted by Gasteiger charge is -2.37. The number of aliphatic carboxylic acids is 1. The van der Waals surface area contributed by atoms with Gasteiger partial charge in [-0.15, -0.1) is 0 Å². The molecule has 0 spiro atoms. The van der Waals surface area contributed by atoms with Crippen LogP contribution in [0.3, 0.4) is 0 Å². The van der Waals surface area contributed by atoms with Crippen LogP contribution in [-0.2, 0) is 40.2 Å². The number of carboxylic acids is 1. The number of carboxylic acid groups (broad SMARTS) is 1. The Morgan fingerprint density at radius 1 is 0.857 bits per heavy atom. The molecule has 7 nitrogen and oxygen atoms in total. The number of carbonyl (C=O) groups is 3. The van der Waals surface area contributed by atoms with E-state index in [2.05, 4.69) is 5.32 Å². The van der Waals surface area contributed by atoms with E-state index in [1.165, 1.54) is 4.90 Å². The second-order valence-corrected chi connectivity index (χ2v) is 8.84. The smallest absolute Gasteiger partial charge is 0.326 e. The summed E-state index contributed by atoms with van der Waals surface area (Å²) in [6, 6.07) is 23.5. The first-order valence-corrected chi connectivity index (χ1v) is 11.7. The Morgan fingerprint density at radius 3 is 2.00 bits per heavy atom. The quantitative estimate of drug-likeness (QED) is 0.467. The summed E-state index contributed by atoms with van der Waals surface area (Å²) in [7, 11) is 0. The number of hydrogen-bond acceptors (Lipinski definition) is 4. The minimum absolute atomic E-state index is 0.146. The zero-order valence-corrected chi connectivity index (χ0v) is 19.3. The summed E-state index contributed by atoms with van der Waals surface area (Å²) in [5.41, 5.74) is 9.94. The summed E-state index contributed by atoms with van der Waals surface area (Å²) < 4.78 is 0. The third kappa shape index (κ3) is 5.94. The molecule has 0 aliphatic carbocycles. The Morgan fingerprint density at radius 2 is 1.40 bits per heavy atom. The molecule has 1 aliphatic rings. The first-order valence-electron chi connectivity index (χ1n) is 11.7. The van der Waals surface area contributed by atoms with E-state index >= 15 is 0 Å². The molecule has 3 aromatic rings. The van der Waals surface area contributed by atoms with Crippen LogP contribution in [0.15, 0.2) is 84.9 Å². The standard InChI is InChI=1S/C28H29N3O4/c29-23(15-19-9-3-1-4-10-19)27(33)31-18-22-14-8-7-13-21(22)17-25(31)26(32)30-24(28(34)35)16-20-11-5-2-6-12-20/h1-14,23-25H,15-18,29H2,(H,30,32)(H,34,35)/t23-,24-,25-/m0/s1. The normalized spacial score (nSPS) is 16.6. The molecule has 7 heteroatoms. The zero-order valence-electron chi connectivity index (χ0n) is 19.3. The van der Waals surface area contributed by atoms with Gasteiger partial charge in [0.15, 0.2) is 0 Å². The van der Waals surface area contributed by atoms with E-state index in [1.807, 2.05) is 84.9 Å². The van der Waals surface area contributed by atoms with Crippen LogP contribution in [0, 0.1) is 0 Å². The number of rotatable bonds is 8. The second kappa shape index (κ2) is 11.0. The van der Waals surface area contributed by atoms with Gasteiger partial charge in [0.05, 0.1) is 6.04 Å². The fourth-order valence-corrected chi connectivity index (χ4v) is 4.47. The van der Waals surface area contributed by atoms with Gasteiger partial charge in [0.25, 0.3) is 0 Å². The molecule has 4 rings (SSSR count). The van der Waals surface area contributed by atoms with Crippen molar-refractivity contribution in [2.24, 2.45) is 5.73 Å². The first-order chi connectivity index (χ1) is 16.9. The van der Waals surface area contributed by atoms with Crippen LogP contribution in [0.25, 0.3) is 0 Å². The number of hydrogen-bond donors (Lipinski definition) is 3. The summed E-state index contributed by atoms with van der Waals surface area (Å²) in [5.74, 6) is -1.96. The number of nitrogens with one attached hydrogen (secondary N) is 1. The predicted octanol–water partition coefficient (Wildman–Crippen LogP) is 2.32. The molecule has 0 unspecified atom stereocenters. The van der Waals surface area contributed by atoms with Gasteiger partial charge in [-0.2, -0.15) is 0 Å². The van der Waals surface area contributed by atoms with Crippen molar-refractivity contribution in [2.45, 2.75) is 43.9 Å². The average molecular weight is 472 g/mol. The maximum atomic E-state index is 13.4. The number of nitrogens with two attached hydrogens (primary N) is 1. The summed E-state index contributed by atoms with van der Waals surface area (Å²) in [5, 5.41) is 12.4. The highest BCUT2D eigenvalue weighted by Crippen LogP contribution is 2.25. The van der Waals surface area contributed by atoms with E-state index in [4.69, 9.17) is 5.73 Å². The molecular formula is C28H29N3O4. The third-order valence-corrected chi connectivity index (χ3v) is 6.35. The molecule has 0 aromatic heterocycles. The monoisotopic (exact) mass is 471 g/mol. The van der Waals surface area contributed by atoms with Crippen molar-refractivity contribution in [3.05, 3.63) is 107 Å². The van der Waals surface area contributed by atoms with Crippen molar-refractivity contribution in [1.29, 1.82) is 0 Å². The summed E-state index contributed by atoms with van der Waals surface area (Å²) in [6.07, 6.45) is 0.786. The number of nitrogens with zero attached hydrogens (tertiary/aromatic N) is 1. The maximum Gasteiger partial charge on any atom is 0.326 e. The summed E-state index contributed by atoms with van der Waals surface area (Å²) in [6.45, 7) is 0.242. The molecule has 0 radical (unpaired) electrons. The Balaban J connectivity index is 1.55. The van der Waals surface area contributed by atoms with Gasteiger partial charge < -0.3 is 21.1 Å². The molecule has 2 amide bonds. The van der Waals surface area contributed by atoms with Crippen LogP contribution < -0.4 is 11.1 Å². The van der Waals surface area contributed by atoms with Gasteiger partial charge in [-0.25, -0.2) is 4.79 Å². The highest BCUT2D eigenvalue weighted by molar-refractivity contribution is 5.92. The fraction of sp³-hybridized carbons (Fsp3) is 0.250. The molecule has 0 saturated heterocycles. The first kappa shape index (κ1) is 24.2. The van der Waals surface area contributed by atoms with Crippen LogP contribution in [0.1, 0.15) is 22.3 Å². The van der Waals surface area contributed by atoms with E-state index < -0.39 is 30.0 Å². The molecule has 1 aliphatic heterocycles. The highest BCUT2D eigenvalue weighted by Gasteiger charge is 2.37. The van der Waals surface area contributed by atoms with Gasteiger partial charge in [0.1, 0.15) is 12.1 Å². The SMILES string of the molecule is N[C@@H](Cc1ccccc1)C(=O)N1Cc2ccccc2C[C@H]1C(=O)N[C@@H](Cc1ccccc1)C(=O)O. The Bertz CT molecular complexity index is 1180. The Kier molecular flexibility index (Phi) is 7.57. The van der Waals surface area contributed by atoms with Crippen molar-refractivity contribution >= 4 is 17.8 Å². The maximum absolute atomic E-state index is 13.4. The van der Waals surface area contributed by atoms with Crippen molar-refractivity contribution < 1.29 is 19.5 Å². The molecule has 4 N–H and O–H groups in total. The van der Waals surface area contributed by atoms with E-state index in [1.54, 1.807) is 0 Å². The van der Waals surface area contributed by atoms with Gasteiger partial charge in [0, 0.05) is 19.4 Å². The number of benzene rings is 3. The largest absolute Gasteiger partial charge is 0.480 e. The average Bonchev–Trinajstić information content (AvgIpc) is 2.88. The number of fused-ring (bicyclic) bond motifs is 1. The molecule has 0 saturated carbocycles. The molecule has 0 bridgehead atoms. The molecule has 35 heavy (non-hydrogen) atoms. The van der Waals surface area contributed by atoms with Gasteiger partial charge in [-0.3, -0.25) is 9.59 Å². The van der Waals surface area contributed by atoms with Gasteiger partial charge >= 0.3 is 5.97 Å². The van der Waals surface area contributed by atoms with E-state index in [0.29, 0.717) is 12.8 Å². The molecule has 3 aromatic carbocycles. The van der Waals surface area contributed by atoms with Gasteiger partial charge in [-0.1, -0.05) is 84.9 Å². The zero-order chi connectivity index (χ0) is 24.8. The Labute approximate surface area is 204 Å². The third-order valence-electron chi connectivity index (χ3n) is 6.35. The van der Waals surface area contributed by atoms with Crippen LogP contribution in [0.5, 0.6) is 0 Å². The number of amides is 2. The fourth-order valence-electron chi connectivity index (χ4n) is 4.47. The van der Waals surface area contributed by atoms with Crippen LogP contribution in [-0.4, -0.2) is 45.9 Å². The molecule has 180 valence electrons. The predicted molar refractivity (Wildman–Crippen MR) is 132 cm³/mol. The van der Waals surface area contributed by atoms with E-state index in [0.717, 1.165) is 22.3 Å². The minimum atomic E-state index is -1.13. The van der Waals surface area contributed by atoms with Crippen LogP contribution in [0.4, 0.5) is 0 Å². The second-order valence-electron chi connectivity index (χ2n) is 8.84. The van der Waals surface area contributed by atoms with Crippen molar-refractivity contribution in [3.63, 3.8) is 0 Å². The molecule has 0 fully saturated rings. The van der Waals surface area contributed by atoms with Crippen molar-refractivity contribution in [2.75, 3.05) is 0 Å². The lowest BCUT2D eigenvalue weighted by Crippen LogP contribution is -2.58. The summed E-state index contributed by atoms with van der Waals surface area (Å²) in [4.78, 5) is 40.3. The summed E-state index contributed by atoms with van der Waals surface area (Å²) >= 11 is 0. The lowest BCUT2D eigenvalue weighted by molar-refractivity contribution is -0.146. The van der Waals surface area contributed by atoms with Crippen molar-refractivity contribution in [3.8, 4) is 0 Å². The van der Waals surface area contributed by atoms with Gasteiger partial charge in [0.2, 0.25) is 11.8 Å². The van der Waals surface area contributed by atoms with Crippen LogP contribution >= 0.6 is 0 Å². The topological polar surface area (TPSA) is 113 Å². The van der Waals surface area contributed by atoms with E-state index in [-0.39, 0.29) is 18.9 Å². The number of carbonyl (C=O) groups excluding carboxylic acids is 2. The Hall–Kier alpha value is -3.97. The van der Waals surface area contributed by atoms with Crippen molar-refractivity contribution in [1.82, 2.24) is 10.2 Å². The lowest BCUT2D eigenvalue weighted by atomic mass is 9.92. The highest BCUT2D eigenvalue weighted by atomic mass is 16.4. The molecule has 3 atom stereocenters. The van der Waals surface area contributed by atoms with E-state index in [9.17, 15) is 19.5 Å².